The molecule has 20 heavy (non-hydrogen) atoms. The number of rotatable bonds is 2. The van der Waals surface area contributed by atoms with Gasteiger partial charge >= 0.3 is 0 Å². The minimum absolute atomic E-state index is 0.872. The van der Waals surface area contributed by atoms with E-state index in [1.165, 1.54) is 31.6 Å². The molecule has 4 rings (SSSR count). The van der Waals surface area contributed by atoms with E-state index in [1.54, 1.807) is 22.9 Å². The molecule has 0 saturated heterocycles. The third kappa shape index (κ3) is 2.01. The van der Waals surface area contributed by atoms with Crippen LogP contribution in [-0.4, -0.2) is 9.36 Å². The smallest absolute Gasteiger partial charge is 0.0814 e. The molecule has 0 bridgehead atoms. The van der Waals surface area contributed by atoms with Gasteiger partial charge in [-0.2, -0.15) is 4.37 Å². The van der Waals surface area contributed by atoms with Gasteiger partial charge in [-0.1, -0.05) is 17.7 Å². The van der Waals surface area contributed by atoms with Gasteiger partial charge in [0.25, 0.3) is 0 Å². The second kappa shape index (κ2) is 4.65. The van der Waals surface area contributed by atoms with Crippen molar-refractivity contribution < 1.29 is 0 Å². The number of benzene rings is 2. The van der Waals surface area contributed by atoms with Crippen molar-refractivity contribution in [2.45, 2.75) is 13.3 Å². The maximum Gasteiger partial charge on any atom is 0.0814 e. The zero-order valence-corrected chi connectivity index (χ0v) is 12.6. The number of nitrogens with zero attached hydrogens (tertiary/aromatic N) is 2. The first kappa shape index (κ1) is 12.0. The van der Waals surface area contributed by atoms with Crippen molar-refractivity contribution in [3.05, 3.63) is 58.7 Å². The molecule has 2 aromatic carbocycles. The summed E-state index contributed by atoms with van der Waals surface area (Å²) in [5, 5.41) is 1.29. The van der Waals surface area contributed by atoms with Crippen LogP contribution in [0.3, 0.4) is 0 Å². The minimum Gasteiger partial charge on any atom is -0.245 e. The van der Waals surface area contributed by atoms with Gasteiger partial charge in [0.2, 0.25) is 0 Å². The van der Waals surface area contributed by atoms with Gasteiger partial charge in [0.05, 0.1) is 26.1 Å². The molecule has 0 aliphatic rings. The molecule has 4 heteroatoms. The lowest BCUT2D eigenvalue weighted by Gasteiger charge is -2.00. The Morgan fingerprint density at radius 2 is 1.95 bits per heavy atom. The third-order valence-electron chi connectivity index (χ3n) is 3.47. The number of hydrogen-bond acceptors (Lipinski definition) is 4. The van der Waals surface area contributed by atoms with E-state index in [4.69, 9.17) is 0 Å². The van der Waals surface area contributed by atoms with E-state index in [9.17, 15) is 0 Å². The quantitative estimate of drug-likeness (QED) is 0.531. The summed E-state index contributed by atoms with van der Waals surface area (Å²) in [6, 6.07) is 13.0. The second-order valence-corrected chi connectivity index (χ2v) is 6.65. The van der Waals surface area contributed by atoms with Crippen molar-refractivity contribution in [3.63, 3.8) is 0 Å². The molecule has 98 valence electrons. The molecule has 0 spiro atoms. The molecular weight excluding hydrogens is 284 g/mol. The average molecular weight is 296 g/mol. The van der Waals surface area contributed by atoms with Crippen molar-refractivity contribution in [1.82, 2.24) is 9.36 Å². The number of aromatic nitrogens is 2. The van der Waals surface area contributed by atoms with Crippen LogP contribution < -0.4 is 0 Å². The van der Waals surface area contributed by atoms with E-state index >= 15 is 0 Å². The SMILES string of the molecule is Cc1ccc2snc(Cc3ccc4scnc4c3)c2c1. The molecule has 2 aromatic heterocycles. The largest absolute Gasteiger partial charge is 0.245 e. The summed E-state index contributed by atoms with van der Waals surface area (Å²) in [6.07, 6.45) is 0.872. The van der Waals surface area contributed by atoms with Gasteiger partial charge in [-0.25, -0.2) is 4.98 Å². The van der Waals surface area contributed by atoms with E-state index in [-0.39, 0.29) is 0 Å². The second-order valence-electron chi connectivity index (χ2n) is 4.96. The fourth-order valence-corrected chi connectivity index (χ4v) is 3.87. The molecule has 2 heterocycles. The van der Waals surface area contributed by atoms with Crippen LogP contribution in [0, 0.1) is 6.92 Å². The number of fused-ring (bicyclic) bond motifs is 2. The van der Waals surface area contributed by atoms with Crippen LogP contribution in [-0.2, 0) is 6.42 Å². The zero-order valence-electron chi connectivity index (χ0n) is 11.0. The van der Waals surface area contributed by atoms with Crippen LogP contribution in [0.5, 0.6) is 0 Å². The Labute approximate surface area is 124 Å². The first-order valence-corrected chi connectivity index (χ1v) is 8.12. The average Bonchev–Trinajstić information content (AvgIpc) is 3.05. The van der Waals surface area contributed by atoms with Crippen molar-refractivity contribution in [3.8, 4) is 0 Å². The van der Waals surface area contributed by atoms with Crippen LogP contribution >= 0.6 is 22.9 Å². The highest BCUT2D eigenvalue weighted by molar-refractivity contribution is 7.16. The highest BCUT2D eigenvalue weighted by atomic mass is 32.1. The van der Waals surface area contributed by atoms with E-state index in [0.717, 1.165) is 11.9 Å². The summed E-state index contributed by atoms with van der Waals surface area (Å²) >= 11 is 3.27. The van der Waals surface area contributed by atoms with Crippen molar-refractivity contribution in [2.75, 3.05) is 0 Å². The normalized spacial score (nSPS) is 11.4. The van der Waals surface area contributed by atoms with Crippen LogP contribution in [0.25, 0.3) is 20.3 Å². The molecule has 2 nitrogen and oxygen atoms in total. The molecule has 0 radical (unpaired) electrons. The molecule has 0 aliphatic carbocycles. The molecule has 0 atom stereocenters. The Balaban J connectivity index is 1.77. The summed E-state index contributed by atoms with van der Waals surface area (Å²) in [5.41, 5.74) is 6.72. The Morgan fingerprint density at radius 1 is 1.05 bits per heavy atom. The fourth-order valence-electron chi connectivity index (χ4n) is 2.44. The van der Waals surface area contributed by atoms with E-state index in [2.05, 4.69) is 52.7 Å². The fraction of sp³-hybridized carbons (Fsp3) is 0.125. The molecule has 0 unspecified atom stereocenters. The number of aryl methyl sites for hydroxylation is 1. The molecule has 0 fully saturated rings. The first-order chi connectivity index (χ1) is 9.79. The monoisotopic (exact) mass is 296 g/mol. The summed E-state index contributed by atoms with van der Waals surface area (Å²) in [4.78, 5) is 4.39. The van der Waals surface area contributed by atoms with E-state index in [1.807, 2.05) is 5.51 Å². The molecule has 4 aromatic rings. The van der Waals surface area contributed by atoms with E-state index < -0.39 is 0 Å². The Bertz CT molecular complexity index is 905. The lowest BCUT2D eigenvalue weighted by molar-refractivity contribution is 1.15. The standard InChI is InChI=1S/C16H12N2S2/c1-10-2-4-15-12(6-10)13(18-20-15)7-11-3-5-16-14(8-11)17-9-19-16/h2-6,8-9H,7H2,1H3. The summed E-state index contributed by atoms with van der Waals surface area (Å²) < 4.78 is 7.13. The molecule has 0 aliphatic heterocycles. The van der Waals surface area contributed by atoms with Gasteiger partial charge in [0.1, 0.15) is 0 Å². The molecule has 0 amide bonds. The van der Waals surface area contributed by atoms with Gasteiger partial charge in [0, 0.05) is 11.8 Å². The van der Waals surface area contributed by atoms with Gasteiger partial charge < -0.3 is 0 Å². The predicted octanol–water partition coefficient (Wildman–Crippen LogP) is 4.81. The maximum atomic E-state index is 4.62. The lowest BCUT2D eigenvalue weighted by atomic mass is 10.1. The summed E-state index contributed by atoms with van der Waals surface area (Å²) in [7, 11) is 0. The van der Waals surface area contributed by atoms with Crippen LogP contribution in [0.2, 0.25) is 0 Å². The highest BCUT2D eigenvalue weighted by Gasteiger charge is 2.08. The van der Waals surface area contributed by atoms with Crippen LogP contribution in [0.1, 0.15) is 16.8 Å². The third-order valence-corrected chi connectivity index (χ3v) is 5.14. The Morgan fingerprint density at radius 3 is 2.90 bits per heavy atom. The maximum absolute atomic E-state index is 4.62. The highest BCUT2D eigenvalue weighted by Crippen LogP contribution is 2.27. The Kier molecular flexibility index (Phi) is 2.79. The van der Waals surface area contributed by atoms with Crippen molar-refractivity contribution in [1.29, 1.82) is 0 Å². The van der Waals surface area contributed by atoms with Gasteiger partial charge in [-0.3, -0.25) is 0 Å². The lowest BCUT2D eigenvalue weighted by Crippen LogP contribution is -1.89. The number of hydrogen-bond donors (Lipinski definition) is 0. The molecule has 0 saturated carbocycles. The van der Waals surface area contributed by atoms with Crippen molar-refractivity contribution >= 4 is 43.2 Å². The molecular formula is C16H12N2S2. The predicted molar refractivity (Wildman–Crippen MR) is 86.8 cm³/mol. The minimum atomic E-state index is 0.872. The van der Waals surface area contributed by atoms with E-state index in [0.29, 0.717) is 0 Å². The van der Waals surface area contributed by atoms with Crippen LogP contribution in [0.4, 0.5) is 0 Å². The first-order valence-electron chi connectivity index (χ1n) is 6.47. The summed E-state index contributed by atoms with van der Waals surface area (Å²) in [5.74, 6) is 0. The van der Waals surface area contributed by atoms with Gasteiger partial charge in [0.15, 0.2) is 0 Å². The van der Waals surface area contributed by atoms with Crippen molar-refractivity contribution in [2.24, 2.45) is 0 Å². The summed E-state index contributed by atoms with van der Waals surface area (Å²) in [6.45, 7) is 2.13. The van der Waals surface area contributed by atoms with Gasteiger partial charge in [-0.05, 0) is 48.3 Å². The zero-order chi connectivity index (χ0) is 13.5. The van der Waals surface area contributed by atoms with Crippen LogP contribution in [0.15, 0.2) is 41.9 Å². The molecule has 0 N–H and O–H groups in total. The van der Waals surface area contributed by atoms with Gasteiger partial charge in [-0.15, -0.1) is 11.3 Å². The topological polar surface area (TPSA) is 25.8 Å². The Hall–Kier alpha value is -1.78. The number of thiazole rings is 1.